The van der Waals surface area contributed by atoms with Gasteiger partial charge in [0, 0.05) is 36.8 Å². The van der Waals surface area contributed by atoms with Gasteiger partial charge in [-0.1, -0.05) is 17.7 Å². The first-order chi connectivity index (χ1) is 11.8. The molecule has 2 atom stereocenters. The van der Waals surface area contributed by atoms with Crippen molar-refractivity contribution in [3.05, 3.63) is 28.8 Å². The van der Waals surface area contributed by atoms with Crippen LogP contribution in [0.4, 0.5) is 5.69 Å². The number of hydrogen-bond donors (Lipinski definition) is 3. The molecule has 1 saturated heterocycles. The average Bonchev–Trinajstić information content (AvgIpc) is 2.54. The third kappa shape index (κ3) is 6.43. The first-order valence-electron chi connectivity index (χ1n) is 8.34. The molecule has 3 N–H and O–H groups in total. The number of benzene rings is 1. The molecule has 6 nitrogen and oxygen atoms in total. The van der Waals surface area contributed by atoms with E-state index in [0.717, 1.165) is 24.3 Å². The number of morpholine rings is 1. The van der Waals surface area contributed by atoms with Crippen LogP contribution < -0.4 is 16.2 Å². The highest BCUT2D eigenvalue weighted by molar-refractivity contribution is 7.80. The van der Waals surface area contributed by atoms with Gasteiger partial charge in [0.2, 0.25) is 5.91 Å². The Labute approximate surface area is 159 Å². The summed E-state index contributed by atoms with van der Waals surface area (Å²) in [6.45, 7) is 8.38. The first kappa shape index (κ1) is 19.9. The topological polar surface area (TPSA) is 65.6 Å². The number of rotatable bonds is 4. The number of hydrogen-bond acceptors (Lipinski definition) is 4. The Kier molecular flexibility index (Phi) is 7.43. The summed E-state index contributed by atoms with van der Waals surface area (Å²) in [5.41, 5.74) is 7.03. The maximum absolute atomic E-state index is 12.0. The van der Waals surface area contributed by atoms with Gasteiger partial charge in [0.05, 0.1) is 12.2 Å². The molecule has 0 radical (unpaired) electrons. The molecule has 138 valence electrons. The molecule has 8 heteroatoms. The van der Waals surface area contributed by atoms with Gasteiger partial charge >= 0.3 is 0 Å². The summed E-state index contributed by atoms with van der Waals surface area (Å²) >= 11 is 11.3. The monoisotopic (exact) mass is 384 g/mol. The zero-order chi connectivity index (χ0) is 18.4. The summed E-state index contributed by atoms with van der Waals surface area (Å²) in [6, 6.07) is 5.52. The number of ether oxygens (including phenoxy) is 1. The second kappa shape index (κ2) is 9.33. The van der Waals surface area contributed by atoms with Gasteiger partial charge < -0.3 is 10.1 Å². The van der Waals surface area contributed by atoms with Crippen molar-refractivity contribution >= 4 is 40.5 Å². The minimum Gasteiger partial charge on any atom is -0.373 e. The highest BCUT2D eigenvalue weighted by Crippen LogP contribution is 2.22. The number of anilines is 1. The summed E-state index contributed by atoms with van der Waals surface area (Å²) in [4.78, 5) is 14.2. The molecule has 25 heavy (non-hydrogen) atoms. The zero-order valence-electron chi connectivity index (χ0n) is 14.8. The maximum atomic E-state index is 12.0. The maximum Gasteiger partial charge on any atom is 0.239 e. The van der Waals surface area contributed by atoms with Crippen LogP contribution in [0.3, 0.4) is 0 Å². The summed E-state index contributed by atoms with van der Waals surface area (Å²) in [5.74, 6) is -0.112. The van der Waals surface area contributed by atoms with Gasteiger partial charge in [-0.05, 0) is 50.7 Å². The van der Waals surface area contributed by atoms with E-state index in [1.165, 1.54) is 0 Å². The number of thiocarbonyl (C=S) groups is 1. The smallest absolute Gasteiger partial charge is 0.239 e. The molecular weight excluding hydrogens is 360 g/mol. The predicted molar refractivity (Wildman–Crippen MR) is 105 cm³/mol. The van der Waals surface area contributed by atoms with E-state index in [1.807, 2.05) is 39.0 Å². The van der Waals surface area contributed by atoms with E-state index in [4.69, 9.17) is 28.6 Å². The second-order valence-electron chi connectivity index (χ2n) is 6.31. The van der Waals surface area contributed by atoms with Crippen molar-refractivity contribution in [1.82, 2.24) is 15.8 Å². The summed E-state index contributed by atoms with van der Waals surface area (Å²) in [6.07, 6.45) is 0.788. The molecule has 1 aromatic carbocycles. The van der Waals surface area contributed by atoms with Crippen molar-refractivity contribution in [3.63, 3.8) is 0 Å². The van der Waals surface area contributed by atoms with Gasteiger partial charge in [-0.2, -0.15) is 0 Å². The standard InChI is InChI=1S/C17H25ClN4O2S/c1-11-9-22(10-12(2)24-11)8-7-16(23)20-21-17(25)19-15-6-4-5-14(18)13(15)3/h4-6,11-12H,7-10H2,1-3H3,(H,20,23)(H2,19,21,25)/t11-,12+. The molecule has 0 aromatic heterocycles. The first-order valence-corrected chi connectivity index (χ1v) is 9.12. The number of nitrogens with zero attached hydrogens (tertiary/aromatic N) is 1. The lowest BCUT2D eigenvalue weighted by Gasteiger charge is -2.35. The lowest BCUT2D eigenvalue weighted by Crippen LogP contribution is -2.48. The van der Waals surface area contributed by atoms with Crippen LogP contribution in [-0.2, 0) is 9.53 Å². The Hall–Kier alpha value is -1.41. The third-order valence-corrected chi connectivity index (χ3v) is 4.60. The van der Waals surface area contributed by atoms with Crippen molar-refractivity contribution in [2.24, 2.45) is 0 Å². The molecule has 1 fully saturated rings. The van der Waals surface area contributed by atoms with Gasteiger partial charge in [-0.25, -0.2) is 0 Å². The number of halogens is 1. The van der Waals surface area contributed by atoms with Gasteiger partial charge in [0.1, 0.15) is 0 Å². The van der Waals surface area contributed by atoms with E-state index in [9.17, 15) is 4.79 Å². The highest BCUT2D eigenvalue weighted by Gasteiger charge is 2.22. The largest absolute Gasteiger partial charge is 0.373 e. The van der Waals surface area contributed by atoms with Gasteiger partial charge in [-0.15, -0.1) is 0 Å². The van der Waals surface area contributed by atoms with E-state index < -0.39 is 0 Å². The molecule has 1 amide bonds. The molecule has 0 bridgehead atoms. The molecule has 0 saturated carbocycles. The van der Waals surface area contributed by atoms with E-state index in [2.05, 4.69) is 21.1 Å². The molecule has 0 unspecified atom stereocenters. The number of amides is 1. The SMILES string of the molecule is Cc1c(Cl)cccc1NC(=S)NNC(=O)CCN1C[C@@H](C)O[C@@H](C)C1. The fourth-order valence-electron chi connectivity index (χ4n) is 2.81. The van der Waals surface area contributed by atoms with Gasteiger partial charge in [-0.3, -0.25) is 20.5 Å². The number of nitrogens with one attached hydrogen (secondary N) is 3. The van der Waals surface area contributed by atoms with Gasteiger partial charge in [0.15, 0.2) is 5.11 Å². The lowest BCUT2D eigenvalue weighted by atomic mass is 10.2. The van der Waals surface area contributed by atoms with E-state index >= 15 is 0 Å². The van der Waals surface area contributed by atoms with Crippen LogP contribution in [0.25, 0.3) is 0 Å². The van der Waals surface area contributed by atoms with E-state index in [-0.39, 0.29) is 18.1 Å². The third-order valence-electron chi connectivity index (χ3n) is 3.98. The Morgan fingerprint density at radius 1 is 1.32 bits per heavy atom. The summed E-state index contributed by atoms with van der Waals surface area (Å²) in [5, 5.41) is 3.99. The van der Waals surface area contributed by atoms with Crippen LogP contribution in [-0.4, -0.2) is 47.8 Å². The van der Waals surface area contributed by atoms with Crippen LogP contribution >= 0.6 is 23.8 Å². The quantitative estimate of drug-likeness (QED) is 0.547. The van der Waals surface area contributed by atoms with Crippen molar-refractivity contribution in [3.8, 4) is 0 Å². The fourth-order valence-corrected chi connectivity index (χ4v) is 3.15. The minimum atomic E-state index is -0.112. The molecular formula is C17H25ClN4O2S. The van der Waals surface area contributed by atoms with Crippen LogP contribution in [0, 0.1) is 6.92 Å². The van der Waals surface area contributed by atoms with Crippen molar-refractivity contribution in [2.75, 3.05) is 25.0 Å². The summed E-state index contributed by atoms with van der Waals surface area (Å²) < 4.78 is 5.69. The van der Waals surface area contributed by atoms with Crippen molar-refractivity contribution < 1.29 is 9.53 Å². The summed E-state index contributed by atoms with van der Waals surface area (Å²) in [7, 11) is 0. The molecule has 1 aliphatic heterocycles. The minimum absolute atomic E-state index is 0.112. The molecule has 1 aromatic rings. The number of hydrazine groups is 1. The molecule has 2 rings (SSSR count). The Balaban J connectivity index is 1.70. The Morgan fingerprint density at radius 3 is 2.68 bits per heavy atom. The molecule has 0 aliphatic carbocycles. The van der Waals surface area contributed by atoms with Gasteiger partial charge in [0.25, 0.3) is 0 Å². The van der Waals surface area contributed by atoms with Crippen LogP contribution in [0.15, 0.2) is 18.2 Å². The van der Waals surface area contributed by atoms with Crippen LogP contribution in [0.1, 0.15) is 25.8 Å². The van der Waals surface area contributed by atoms with Crippen LogP contribution in [0.2, 0.25) is 5.02 Å². The molecule has 1 aliphatic rings. The Morgan fingerprint density at radius 2 is 2.00 bits per heavy atom. The predicted octanol–water partition coefficient (Wildman–Crippen LogP) is 2.47. The highest BCUT2D eigenvalue weighted by atomic mass is 35.5. The number of carbonyl (C=O) groups excluding carboxylic acids is 1. The van der Waals surface area contributed by atoms with E-state index in [1.54, 1.807) is 0 Å². The average molecular weight is 385 g/mol. The van der Waals surface area contributed by atoms with Crippen LogP contribution in [0.5, 0.6) is 0 Å². The lowest BCUT2D eigenvalue weighted by molar-refractivity contribution is -0.123. The van der Waals surface area contributed by atoms with Crippen molar-refractivity contribution in [2.45, 2.75) is 39.4 Å². The number of carbonyl (C=O) groups is 1. The van der Waals surface area contributed by atoms with Crippen molar-refractivity contribution in [1.29, 1.82) is 0 Å². The second-order valence-corrected chi connectivity index (χ2v) is 7.12. The van der Waals surface area contributed by atoms with E-state index in [0.29, 0.717) is 23.1 Å². The Bertz CT molecular complexity index is 619. The molecule has 0 spiro atoms. The fraction of sp³-hybridized carbons (Fsp3) is 0.529. The normalized spacial score (nSPS) is 20.8. The zero-order valence-corrected chi connectivity index (χ0v) is 16.3. The molecule has 1 heterocycles.